The van der Waals surface area contributed by atoms with Gasteiger partial charge in [0.25, 0.3) is 0 Å². The summed E-state index contributed by atoms with van der Waals surface area (Å²) < 4.78 is 1.74. The number of nitrogens with zero attached hydrogens (tertiary/aromatic N) is 7. The Labute approximate surface area is 194 Å². The maximum atomic E-state index is 13.4. The average Bonchev–Trinajstić information content (AvgIpc) is 3.23. The summed E-state index contributed by atoms with van der Waals surface area (Å²) in [5, 5.41) is 25.2. The minimum Gasteiger partial charge on any atom is -0.393 e. The van der Waals surface area contributed by atoms with Crippen LogP contribution in [0, 0.1) is 0 Å². The van der Waals surface area contributed by atoms with Crippen LogP contribution in [-0.4, -0.2) is 57.9 Å². The normalized spacial score (nSPS) is 23.0. The first-order valence-electron chi connectivity index (χ1n) is 11.6. The zero-order valence-corrected chi connectivity index (χ0v) is 18.3. The number of aromatic nitrogens is 7. The Kier molecular flexibility index (Phi) is 4.07. The van der Waals surface area contributed by atoms with Crippen LogP contribution in [0.4, 0.5) is 17.5 Å². The summed E-state index contributed by atoms with van der Waals surface area (Å²) in [5.74, 6) is 1.17. The van der Waals surface area contributed by atoms with Gasteiger partial charge in [-0.1, -0.05) is 0 Å². The molecule has 0 radical (unpaired) electrons. The van der Waals surface area contributed by atoms with Crippen LogP contribution < -0.4 is 10.2 Å². The van der Waals surface area contributed by atoms with Gasteiger partial charge in [0.05, 0.1) is 40.7 Å². The van der Waals surface area contributed by atoms with Crippen molar-refractivity contribution in [1.82, 2.24) is 34.8 Å². The quantitative estimate of drug-likeness (QED) is 0.425. The highest BCUT2D eigenvalue weighted by atomic mass is 16.3. The molecule has 3 N–H and O–H groups in total. The lowest BCUT2D eigenvalue weighted by atomic mass is 9.92. The Morgan fingerprint density at radius 3 is 2.97 bits per heavy atom. The van der Waals surface area contributed by atoms with Crippen LogP contribution in [0.5, 0.6) is 0 Å². The van der Waals surface area contributed by atoms with Crippen LogP contribution in [0.1, 0.15) is 44.1 Å². The van der Waals surface area contributed by atoms with Gasteiger partial charge in [-0.3, -0.25) is 19.8 Å². The van der Waals surface area contributed by atoms with Gasteiger partial charge in [-0.25, -0.2) is 9.50 Å². The number of carbonyl (C=O) groups excluding carboxylic acids is 1. The second-order valence-corrected chi connectivity index (χ2v) is 9.40. The minimum absolute atomic E-state index is 0.0338. The van der Waals surface area contributed by atoms with Gasteiger partial charge >= 0.3 is 0 Å². The van der Waals surface area contributed by atoms with Crippen molar-refractivity contribution in [2.45, 2.75) is 56.1 Å². The van der Waals surface area contributed by atoms with E-state index in [1.807, 2.05) is 4.90 Å². The van der Waals surface area contributed by atoms with Gasteiger partial charge in [-0.05, 0) is 38.5 Å². The van der Waals surface area contributed by atoms with Crippen LogP contribution >= 0.6 is 0 Å². The minimum atomic E-state index is -0.471. The van der Waals surface area contributed by atoms with Gasteiger partial charge in [-0.15, -0.1) is 0 Å². The standard InChI is InChI=1S/C23H23N9O2/c33-14-3-1-2-13(8-14)32-20-16(23(4-5-23)21(32)34)10-25-22(29-20)28-17-11-26-30-19(17)15-9-27-31-7-6-24-12-18(15)31/h6-7,9-14,33H,1-5,8H2,(H,26,30)(H,25,28,29)/t13-,14-/m1/s1. The zero-order valence-electron chi connectivity index (χ0n) is 18.3. The smallest absolute Gasteiger partial charge is 0.239 e. The number of amides is 1. The molecule has 11 heteroatoms. The number of nitrogens with one attached hydrogen (secondary N) is 2. The van der Waals surface area contributed by atoms with Crippen LogP contribution in [0.2, 0.25) is 0 Å². The Bertz CT molecular complexity index is 1420. The molecule has 2 fully saturated rings. The molecule has 1 spiro atoms. The Morgan fingerprint density at radius 1 is 1.21 bits per heavy atom. The third kappa shape index (κ3) is 2.79. The molecule has 2 atom stereocenters. The SMILES string of the molecule is O=C1N([C@@H]2CCC[C@@H](O)C2)c2nc(Nc3c[nH]nc3-c3cnn4ccncc34)ncc2C12CC2. The van der Waals surface area contributed by atoms with E-state index in [4.69, 9.17) is 4.98 Å². The van der Waals surface area contributed by atoms with Crippen molar-refractivity contribution in [3.8, 4) is 11.3 Å². The summed E-state index contributed by atoms with van der Waals surface area (Å²) in [6, 6.07) is -0.0338. The van der Waals surface area contributed by atoms with Crippen molar-refractivity contribution in [1.29, 1.82) is 0 Å². The maximum Gasteiger partial charge on any atom is 0.239 e. The molecule has 3 aliphatic rings. The van der Waals surface area contributed by atoms with Crippen molar-refractivity contribution >= 4 is 28.9 Å². The second-order valence-electron chi connectivity index (χ2n) is 9.40. The molecule has 0 aromatic carbocycles. The molecule has 1 amide bonds. The van der Waals surface area contributed by atoms with Gasteiger partial charge in [0, 0.05) is 36.4 Å². The molecule has 172 valence electrons. The molecular formula is C23H23N9O2. The molecule has 2 aliphatic carbocycles. The number of aliphatic hydroxyl groups excluding tert-OH is 1. The van der Waals surface area contributed by atoms with Gasteiger partial charge < -0.3 is 10.4 Å². The van der Waals surface area contributed by atoms with E-state index in [9.17, 15) is 9.90 Å². The first-order chi connectivity index (χ1) is 16.6. The second kappa shape index (κ2) is 7.07. The zero-order chi connectivity index (χ0) is 22.9. The number of carbonyl (C=O) groups is 1. The summed E-state index contributed by atoms with van der Waals surface area (Å²) in [5.41, 5.74) is 3.46. The molecule has 0 saturated heterocycles. The number of rotatable bonds is 4. The van der Waals surface area contributed by atoms with Crippen LogP contribution in [0.15, 0.2) is 37.2 Å². The van der Waals surface area contributed by atoms with E-state index in [0.29, 0.717) is 29.6 Å². The first-order valence-corrected chi connectivity index (χ1v) is 11.6. The first kappa shape index (κ1) is 19.6. The van der Waals surface area contributed by atoms with Gasteiger partial charge in [0.2, 0.25) is 11.9 Å². The highest BCUT2D eigenvalue weighted by Gasteiger charge is 2.61. The van der Waals surface area contributed by atoms with Crippen molar-refractivity contribution in [3.63, 3.8) is 0 Å². The molecule has 34 heavy (non-hydrogen) atoms. The van der Waals surface area contributed by atoms with E-state index in [1.54, 1.807) is 41.7 Å². The molecule has 2 saturated carbocycles. The van der Waals surface area contributed by atoms with Crippen molar-refractivity contribution < 1.29 is 9.90 Å². The summed E-state index contributed by atoms with van der Waals surface area (Å²) in [7, 11) is 0. The molecule has 11 nitrogen and oxygen atoms in total. The topological polar surface area (TPSA) is 137 Å². The van der Waals surface area contributed by atoms with Crippen molar-refractivity contribution in [2.75, 3.05) is 10.2 Å². The highest BCUT2D eigenvalue weighted by Crippen LogP contribution is 2.57. The van der Waals surface area contributed by atoms with Gasteiger partial charge in [-0.2, -0.15) is 15.2 Å². The molecule has 0 bridgehead atoms. The Morgan fingerprint density at radius 2 is 2.12 bits per heavy atom. The number of aromatic amines is 1. The number of hydrogen-bond donors (Lipinski definition) is 3. The monoisotopic (exact) mass is 457 g/mol. The van der Waals surface area contributed by atoms with E-state index in [1.165, 1.54) is 0 Å². The molecule has 4 aromatic rings. The number of hydrogen-bond acceptors (Lipinski definition) is 8. The summed E-state index contributed by atoms with van der Waals surface area (Å²) in [4.78, 5) is 28.8. The Balaban J connectivity index is 1.25. The lowest BCUT2D eigenvalue weighted by Crippen LogP contribution is -2.44. The van der Waals surface area contributed by atoms with E-state index in [-0.39, 0.29) is 18.1 Å². The fourth-order valence-electron chi connectivity index (χ4n) is 5.44. The molecule has 7 rings (SSSR count). The maximum absolute atomic E-state index is 13.4. The predicted octanol–water partition coefficient (Wildman–Crippen LogP) is 2.33. The third-order valence-corrected chi connectivity index (χ3v) is 7.34. The van der Waals surface area contributed by atoms with E-state index < -0.39 is 5.41 Å². The van der Waals surface area contributed by atoms with Crippen molar-refractivity contribution in [3.05, 3.63) is 42.7 Å². The lowest BCUT2D eigenvalue weighted by molar-refractivity contribution is -0.121. The summed E-state index contributed by atoms with van der Waals surface area (Å²) in [6.07, 6.45) is 14.9. The van der Waals surface area contributed by atoms with E-state index in [2.05, 4.69) is 30.6 Å². The van der Waals surface area contributed by atoms with Crippen molar-refractivity contribution in [2.24, 2.45) is 0 Å². The number of fused-ring (bicyclic) bond motifs is 3. The largest absolute Gasteiger partial charge is 0.393 e. The summed E-state index contributed by atoms with van der Waals surface area (Å²) in [6.45, 7) is 0. The van der Waals surface area contributed by atoms with Crippen LogP contribution in [0.3, 0.4) is 0 Å². The van der Waals surface area contributed by atoms with Crippen LogP contribution in [-0.2, 0) is 10.2 Å². The molecular weight excluding hydrogens is 434 g/mol. The number of H-pyrrole nitrogens is 1. The van der Waals surface area contributed by atoms with E-state index in [0.717, 1.165) is 48.7 Å². The summed E-state index contributed by atoms with van der Waals surface area (Å²) >= 11 is 0. The number of anilines is 3. The van der Waals surface area contributed by atoms with Gasteiger partial charge in [0.15, 0.2) is 0 Å². The fourth-order valence-corrected chi connectivity index (χ4v) is 5.44. The van der Waals surface area contributed by atoms with E-state index >= 15 is 0 Å². The average molecular weight is 457 g/mol. The van der Waals surface area contributed by atoms with Crippen LogP contribution in [0.25, 0.3) is 16.8 Å². The molecule has 5 heterocycles. The third-order valence-electron chi connectivity index (χ3n) is 7.34. The Hall–Kier alpha value is -3.86. The number of aliphatic hydroxyl groups is 1. The molecule has 0 unspecified atom stereocenters. The molecule has 4 aromatic heterocycles. The highest BCUT2D eigenvalue weighted by molar-refractivity contribution is 6.09. The predicted molar refractivity (Wildman–Crippen MR) is 123 cm³/mol. The lowest BCUT2D eigenvalue weighted by Gasteiger charge is -2.33. The van der Waals surface area contributed by atoms with Gasteiger partial charge in [0.1, 0.15) is 11.5 Å². The fraction of sp³-hybridized carbons (Fsp3) is 0.391. The molecule has 1 aliphatic heterocycles.